The normalized spacial score (nSPS) is 20.1. The maximum absolute atomic E-state index is 14.2. The molecule has 2 aromatic heterocycles. The van der Waals surface area contributed by atoms with E-state index in [-0.39, 0.29) is 70.4 Å². The monoisotopic (exact) mass is 1210 g/mol. The minimum Gasteiger partial charge on any atom is -0.478 e. The number of carbonyl (C=O) groups excluding carboxylic acids is 1. The topological polar surface area (TPSA) is 381 Å². The van der Waals surface area contributed by atoms with Gasteiger partial charge in [0.2, 0.25) is 17.2 Å². The van der Waals surface area contributed by atoms with Gasteiger partial charge in [-0.05, 0) is 86.1 Å². The number of benzene rings is 4. The zero-order chi connectivity index (χ0) is 59.0. The van der Waals surface area contributed by atoms with E-state index >= 15 is 0 Å². The Morgan fingerprint density at radius 3 is 2.43 bits per heavy atom. The molecule has 1 fully saturated rings. The minimum atomic E-state index is -5.80. The summed E-state index contributed by atoms with van der Waals surface area (Å²) in [4.78, 5) is 91.1. The molecule has 0 aliphatic carbocycles. The molecular formula is C54H54N8O19P3+. The van der Waals surface area contributed by atoms with E-state index < -0.39 is 66.0 Å². The highest BCUT2D eigenvalue weighted by molar-refractivity contribution is 7.66. The fourth-order valence-electron chi connectivity index (χ4n) is 12.2. The summed E-state index contributed by atoms with van der Waals surface area (Å²) in [6.45, 7) is 2.55. The summed E-state index contributed by atoms with van der Waals surface area (Å²) in [5.41, 5.74) is 14.5. The van der Waals surface area contributed by atoms with Crippen LogP contribution in [-0.2, 0) is 63.9 Å². The number of aromatic carboxylic acids is 1. The number of nitro benzene ring substituents is 1. The second-order valence-corrected chi connectivity index (χ2v) is 25.5. The van der Waals surface area contributed by atoms with Crippen molar-refractivity contribution in [1.29, 1.82) is 0 Å². The summed E-state index contributed by atoms with van der Waals surface area (Å²) in [6, 6.07) is 13.4. The smallest absolute Gasteiger partial charge is 0.478 e. The van der Waals surface area contributed by atoms with Gasteiger partial charge in [-0.2, -0.15) is 18.6 Å². The highest BCUT2D eigenvalue weighted by Gasteiger charge is 2.44. The van der Waals surface area contributed by atoms with Crippen molar-refractivity contribution < 1.29 is 85.3 Å². The predicted octanol–water partition coefficient (Wildman–Crippen LogP) is 5.04. The number of hydrogen-bond acceptors (Lipinski definition) is 19. The average Bonchev–Trinajstić information content (AvgIpc) is 2.46. The van der Waals surface area contributed by atoms with Crippen LogP contribution < -0.4 is 35.3 Å². The number of nitrogens with zero attached hydrogens (tertiary/aromatic N) is 7. The van der Waals surface area contributed by atoms with Crippen molar-refractivity contribution in [2.24, 2.45) is 0 Å². The SMILES string of the molecule is Nc1nc(OCc2ccc(C#CCCC(=O)c3ccc(C(=O)O)c(C4=c5cc6c7c(c5Oc5c4cc4c8c5CCCN8CCC4)CCC[N+]=7CCC6)c3)cc2[N+](=O)[O-])c2ncn([C@H]3CC(O)[C@@H](COP(=O)(O)OP(=O)(O)OP(=O)(O)O)O3)c2n1. The number of phosphoric acid groups is 3. The molecule has 0 amide bonds. The Kier molecular flexibility index (Phi) is 15.2. The van der Waals surface area contributed by atoms with Crippen LogP contribution in [-0.4, -0.2) is 111 Å². The maximum atomic E-state index is 14.2. The van der Waals surface area contributed by atoms with Gasteiger partial charge in [0.15, 0.2) is 16.9 Å². The van der Waals surface area contributed by atoms with E-state index in [1.807, 2.05) is 0 Å². The molecule has 8 N–H and O–H groups in total. The van der Waals surface area contributed by atoms with Crippen molar-refractivity contribution >= 4 is 69.3 Å². The first-order chi connectivity index (χ1) is 40.1. The van der Waals surface area contributed by atoms with E-state index in [1.165, 1.54) is 57.3 Å². The third kappa shape index (κ3) is 11.3. The second-order valence-electron chi connectivity index (χ2n) is 21.1. The molecule has 0 saturated carbocycles. The van der Waals surface area contributed by atoms with E-state index in [1.54, 1.807) is 12.1 Å². The van der Waals surface area contributed by atoms with Crippen LogP contribution in [0, 0.1) is 22.0 Å². The van der Waals surface area contributed by atoms with Crippen LogP contribution in [0.25, 0.3) is 16.7 Å². The lowest BCUT2D eigenvalue weighted by Gasteiger charge is -2.39. The summed E-state index contributed by atoms with van der Waals surface area (Å²) in [5, 5.41) is 36.0. The number of carboxylic acid groups (broad SMARTS) is 1. The average molecular weight is 1210 g/mol. The Labute approximate surface area is 476 Å². The number of ether oxygens (including phenoxy) is 3. The number of phosphoric ester groups is 1. The highest BCUT2D eigenvalue weighted by atomic mass is 31.3. The summed E-state index contributed by atoms with van der Waals surface area (Å²) in [5.74, 6) is 5.52. The van der Waals surface area contributed by atoms with Crippen molar-refractivity contribution in [2.45, 2.75) is 95.7 Å². The number of aryl methyl sites for hydroxylation is 2. The van der Waals surface area contributed by atoms with Gasteiger partial charge >= 0.3 is 29.4 Å². The second kappa shape index (κ2) is 22.3. The fourth-order valence-corrected chi connectivity index (χ4v) is 15.2. The third-order valence-corrected chi connectivity index (χ3v) is 19.4. The van der Waals surface area contributed by atoms with E-state index in [4.69, 9.17) is 29.7 Å². The quantitative estimate of drug-likeness (QED) is 0.0157. The molecule has 84 heavy (non-hydrogen) atoms. The molecule has 438 valence electrons. The Balaban J connectivity index is 0.757. The molecule has 27 nitrogen and oxygen atoms in total. The largest absolute Gasteiger partial charge is 0.490 e. The number of nitro groups is 1. The first-order valence-corrected chi connectivity index (χ1v) is 31.5. The Hall–Kier alpha value is -7.27. The molecule has 4 aromatic carbocycles. The molecule has 30 heteroatoms. The van der Waals surface area contributed by atoms with Gasteiger partial charge in [0, 0.05) is 95.6 Å². The summed E-state index contributed by atoms with van der Waals surface area (Å²) < 4.78 is 69.6. The van der Waals surface area contributed by atoms with Gasteiger partial charge in [-0.3, -0.25) is 24.0 Å². The lowest BCUT2D eigenvalue weighted by Crippen LogP contribution is -2.45. The van der Waals surface area contributed by atoms with Crippen LogP contribution in [0.2, 0.25) is 0 Å². The van der Waals surface area contributed by atoms with Gasteiger partial charge in [-0.1, -0.05) is 17.9 Å². The number of aliphatic hydroxyl groups excluding tert-OH is 1. The van der Waals surface area contributed by atoms with Gasteiger partial charge in [0.25, 0.3) is 5.69 Å². The molecule has 0 radical (unpaired) electrons. The van der Waals surface area contributed by atoms with Gasteiger partial charge < -0.3 is 54.6 Å². The first kappa shape index (κ1) is 57.2. The number of imidazole rings is 1. The van der Waals surface area contributed by atoms with Gasteiger partial charge in [-0.25, -0.2) is 28.0 Å². The van der Waals surface area contributed by atoms with Crippen LogP contribution in [0.5, 0.6) is 17.4 Å². The van der Waals surface area contributed by atoms with Gasteiger partial charge in [-0.15, -0.1) is 0 Å². The molecule has 5 atom stereocenters. The zero-order valence-corrected chi connectivity index (χ0v) is 47.2. The van der Waals surface area contributed by atoms with Crippen molar-refractivity contribution in [3.05, 3.63) is 131 Å². The summed E-state index contributed by atoms with van der Waals surface area (Å²) in [6.07, 6.45) is 4.63. The Morgan fingerprint density at radius 1 is 0.893 bits per heavy atom. The molecule has 12 rings (SSSR count). The van der Waals surface area contributed by atoms with Crippen LogP contribution in [0.4, 0.5) is 17.3 Å². The van der Waals surface area contributed by atoms with Crippen LogP contribution in [0.15, 0.2) is 54.9 Å². The molecule has 1 saturated heterocycles. The number of aliphatic hydroxyl groups is 1. The van der Waals surface area contributed by atoms with E-state index in [9.17, 15) is 53.4 Å². The number of nitrogens with two attached hydrogens (primary N) is 1. The predicted molar refractivity (Wildman–Crippen MR) is 296 cm³/mol. The molecule has 0 spiro atoms. The van der Waals surface area contributed by atoms with Crippen molar-refractivity contribution in [3.8, 4) is 29.2 Å². The maximum Gasteiger partial charge on any atom is 0.490 e. The van der Waals surface area contributed by atoms with E-state index in [0.717, 1.165) is 117 Å². The number of carbonyl (C=O) groups is 2. The number of rotatable bonds is 17. The van der Waals surface area contributed by atoms with Gasteiger partial charge in [0.05, 0.1) is 40.7 Å². The van der Waals surface area contributed by atoms with Gasteiger partial charge in [0.1, 0.15) is 43.5 Å². The lowest BCUT2D eigenvalue weighted by atomic mass is 9.81. The molecule has 6 aliphatic rings. The first-order valence-electron chi connectivity index (χ1n) is 26.9. The Bertz CT molecular complexity index is 4150. The third-order valence-electron chi connectivity index (χ3n) is 15.6. The fraction of sp³-hybridized carbons (Fsp3) is 0.370. The van der Waals surface area contributed by atoms with E-state index in [2.05, 4.69) is 61.5 Å². The summed E-state index contributed by atoms with van der Waals surface area (Å²) >= 11 is 0. The van der Waals surface area contributed by atoms with Crippen LogP contribution >= 0.6 is 23.5 Å². The van der Waals surface area contributed by atoms with Crippen molar-refractivity contribution in [2.75, 3.05) is 43.4 Å². The standard InChI is InChI=1S/C54H53N8O19P3/c55-54-57-51-46(56-28-61(51)44-25-42(64)43(78-44)27-77-83(72,73)81-84(74,75)80-82(69,70)71)52(58-54)76-26-33-14-13-29(21-40(33)62(67)68)7-1-2-12-41(63)30-15-16-34(53(65)66)37(22-30)45-38-23-31-8-3-17-59-19-5-10-35(47(31)59)49(38)79-50-36-11-6-20-60-18-4-9-32(48(36)60)24-39(45)50/h13-16,21-24,28,42-44,64H,2-6,8-12,17-20,25-27H2,(H6-,55,57,58,65,66,69,70,71,72,73,74,75)/p+1/t42?,43-,44-/m1/s1. The van der Waals surface area contributed by atoms with Crippen LogP contribution in [0.3, 0.4) is 0 Å². The zero-order valence-electron chi connectivity index (χ0n) is 44.5. The number of carboxylic acids is 1. The van der Waals surface area contributed by atoms with Crippen LogP contribution in [0.1, 0.15) is 116 Å². The molecular weight excluding hydrogens is 1160 g/mol. The molecule has 8 heterocycles. The van der Waals surface area contributed by atoms with Crippen molar-refractivity contribution in [1.82, 2.24) is 24.1 Å². The number of Topliss-reactive ketones (excluding diaryl/α,β-unsaturated/α-hetero) is 1. The number of aromatic nitrogens is 4. The Morgan fingerprint density at radius 2 is 1.65 bits per heavy atom. The molecule has 6 aliphatic heterocycles. The number of nitrogen functional groups attached to an aromatic ring is 1. The minimum absolute atomic E-state index is 0.0176. The number of fused-ring (bicyclic) bond motifs is 5. The highest BCUT2D eigenvalue weighted by Crippen LogP contribution is 2.66. The number of anilines is 2. The number of hydrogen-bond donors (Lipinski definition) is 7. The summed E-state index contributed by atoms with van der Waals surface area (Å²) in [7, 11) is -17.0. The molecule has 6 aromatic rings. The van der Waals surface area contributed by atoms with E-state index in [0.29, 0.717) is 11.1 Å². The number of ketones is 1. The molecule has 0 bridgehead atoms. The molecule has 3 unspecified atom stereocenters. The lowest BCUT2D eigenvalue weighted by molar-refractivity contribution is -0.385. The van der Waals surface area contributed by atoms with Crippen molar-refractivity contribution in [3.63, 3.8) is 0 Å².